The quantitative estimate of drug-likeness (QED) is 0.773. The molecule has 0 saturated carbocycles. The van der Waals surface area contributed by atoms with Gasteiger partial charge in [0.05, 0.1) is 5.02 Å². The third-order valence-corrected chi connectivity index (χ3v) is 2.91. The second kappa shape index (κ2) is 3.94. The van der Waals surface area contributed by atoms with Crippen molar-refractivity contribution in [3.63, 3.8) is 0 Å². The number of rotatable bonds is 1. The summed E-state index contributed by atoms with van der Waals surface area (Å²) < 4.78 is 14.5. The molecule has 82 valence electrons. The molecule has 0 radical (unpaired) electrons. The van der Waals surface area contributed by atoms with Crippen LogP contribution in [0.3, 0.4) is 0 Å². The Kier molecular flexibility index (Phi) is 2.80. The molecule has 1 unspecified atom stereocenters. The lowest BCUT2D eigenvalue weighted by atomic mass is 9.89. The second-order valence-corrected chi connectivity index (χ2v) is 4.27. The van der Waals surface area contributed by atoms with Crippen molar-refractivity contribution in [1.82, 2.24) is 10.3 Å². The zero-order valence-electron chi connectivity index (χ0n) is 8.26. The summed E-state index contributed by atoms with van der Waals surface area (Å²) in [6.45, 7) is 1.12. The Morgan fingerprint density at radius 1 is 1.60 bits per heavy atom. The van der Waals surface area contributed by atoms with E-state index in [0.29, 0.717) is 17.0 Å². The van der Waals surface area contributed by atoms with Crippen molar-refractivity contribution in [2.75, 3.05) is 18.8 Å². The third kappa shape index (κ3) is 2.06. The number of nitrogens with one attached hydrogen (secondary N) is 1. The van der Waals surface area contributed by atoms with E-state index in [0.717, 1.165) is 13.0 Å². The van der Waals surface area contributed by atoms with Gasteiger partial charge < -0.3 is 11.1 Å². The molecule has 1 aliphatic heterocycles. The predicted molar refractivity (Wildman–Crippen MR) is 58.5 cm³/mol. The van der Waals surface area contributed by atoms with E-state index in [1.54, 1.807) is 6.07 Å². The van der Waals surface area contributed by atoms with Crippen LogP contribution in [0.25, 0.3) is 0 Å². The van der Waals surface area contributed by atoms with E-state index >= 15 is 0 Å². The Morgan fingerprint density at radius 3 is 3.07 bits per heavy atom. The molecule has 1 aromatic rings. The van der Waals surface area contributed by atoms with Crippen molar-refractivity contribution in [1.29, 1.82) is 0 Å². The van der Waals surface area contributed by atoms with Crippen LogP contribution in [0.15, 0.2) is 12.3 Å². The molecule has 0 amide bonds. The Labute approximate surface area is 92.8 Å². The van der Waals surface area contributed by atoms with Crippen molar-refractivity contribution in [3.8, 4) is 0 Å². The summed E-state index contributed by atoms with van der Waals surface area (Å²) in [4.78, 5) is 3.88. The molecule has 1 saturated heterocycles. The number of anilines is 1. The Hall–Kier alpha value is -0.870. The summed E-state index contributed by atoms with van der Waals surface area (Å²) in [6, 6.07) is 1.57. The Morgan fingerprint density at radius 2 is 2.40 bits per heavy atom. The lowest BCUT2D eigenvalue weighted by molar-refractivity contribution is 0.122. The number of hydrogen-bond donors (Lipinski definition) is 2. The van der Waals surface area contributed by atoms with E-state index in [-0.39, 0.29) is 12.4 Å². The first kappa shape index (κ1) is 10.6. The normalized spacial score (nSPS) is 26.5. The fraction of sp³-hybridized carbons (Fsp3) is 0.500. The van der Waals surface area contributed by atoms with Gasteiger partial charge in [0, 0.05) is 18.3 Å². The second-order valence-electron chi connectivity index (χ2n) is 3.83. The van der Waals surface area contributed by atoms with Crippen LogP contribution in [-0.2, 0) is 5.67 Å². The number of hydrogen-bond acceptors (Lipinski definition) is 3. The van der Waals surface area contributed by atoms with Gasteiger partial charge in [0.15, 0.2) is 5.67 Å². The van der Waals surface area contributed by atoms with E-state index < -0.39 is 5.67 Å². The molecule has 1 fully saturated rings. The molecule has 0 aromatic carbocycles. The minimum Gasteiger partial charge on any atom is -0.383 e. The highest BCUT2D eigenvalue weighted by atomic mass is 35.5. The lowest BCUT2D eigenvalue weighted by Crippen LogP contribution is -2.40. The highest BCUT2D eigenvalue weighted by Gasteiger charge is 2.36. The SMILES string of the molecule is Nc1ncc(Cl)cc1C1(F)CCCNC1. The summed E-state index contributed by atoms with van der Waals surface area (Å²) in [6.07, 6.45) is 2.69. The number of pyridine rings is 1. The molecule has 2 rings (SSSR count). The van der Waals surface area contributed by atoms with E-state index in [1.165, 1.54) is 6.20 Å². The van der Waals surface area contributed by atoms with Gasteiger partial charge in [-0.15, -0.1) is 0 Å². The smallest absolute Gasteiger partial charge is 0.151 e. The molecule has 5 heteroatoms. The Bertz CT molecular complexity index is 364. The van der Waals surface area contributed by atoms with E-state index in [4.69, 9.17) is 17.3 Å². The van der Waals surface area contributed by atoms with Crippen molar-refractivity contribution >= 4 is 17.4 Å². The van der Waals surface area contributed by atoms with Gasteiger partial charge in [0.2, 0.25) is 0 Å². The number of nitrogen functional groups attached to an aromatic ring is 1. The maximum absolute atomic E-state index is 14.5. The van der Waals surface area contributed by atoms with E-state index in [2.05, 4.69) is 10.3 Å². The number of alkyl halides is 1. The molecular formula is C10H13ClFN3. The highest BCUT2D eigenvalue weighted by Crippen LogP contribution is 2.36. The van der Waals surface area contributed by atoms with Crippen LogP contribution >= 0.6 is 11.6 Å². The zero-order valence-corrected chi connectivity index (χ0v) is 9.02. The maximum Gasteiger partial charge on any atom is 0.151 e. The number of nitrogens with zero attached hydrogens (tertiary/aromatic N) is 1. The number of nitrogens with two attached hydrogens (primary N) is 1. The fourth-order valence-corrected chi connectivity index (χ4v) is 2.07. The van der Waals surface area contributed by atoms with Crippen LogP contribution in [-0.4, -0.2) is 18.1 Å². The van der Waals surface area contributed by atoms with Crippen molar-refractivity contribution < 1.29 is 4.39 Å². The van der Waals surface area contributed by atoms with E-state index in [9.17, 15) is 4.39 Å². The van der Waals surface area contributed by atoms with Crippen LogP contribution in [0, 0.1) is 0 Å². The van der Waals surface area contributed by atoms with Gasteiger partial charge in [-0.3, -0.25) is 0 Å². The van der Waals surface area contributed by atoms with Gasteiger partial charge in [0.1, 0.15) is 5.82 Å². The molecule has 15 heavy (non-hydrogen) atoms. The molecule has 1 aliphatic rings. The van der Waals surface area contributed by atoms with Crippen LogP contribution < -0.4 is 11.1 Å². The van der Waals surface area contributed by atoms with Gasteiger partial charge >= 0.3 is 0 Å². The van der Waals surface area contributed by atoms with Crippen molar-refractivity contribution in [2.24, 2.45) is 0 Å². The lowest BCUT2D eigenvalue weighted by Gasteiger charge is -2.31. The topological polar surface area (TPSA) is 50.9 Å². The van der Waals surface area contributed by atoms with Gasteiger partial charge in [-0.05, 0) is 25.5 Å². The van der Waals surface area contributed by atoms with E-state index in [1.807, 2.05) is 0 Å². The van der Waals surface area contributed by atoms with Crippen LogP contribution in [0.2, 0.25) is 5.02 Å². The largest absolute Gasteiger partial charge is 0.383 e. The maximum atomic E-state index is 14.5. The van der Waals surface area contributed by atoms with Crippen molar-refractivity contribution in [2.45, 2.75) is 18.5 Å². The molecule has 3 nitrogen and oxygen atoms in total. The standard InChI is InChI=1S/C10H13ClFN3/c11-7-4-8(9(13)15-5-7)10(12)2-1-3-14-6-10/h4-5,14H,1-3,6H2,(H2,13,15). The zero-order chi connectivity index (χ0) is 10.9. The molecule has 1 aromatic heterocycles. The summed E-state index contributed by atoms with van der Waals surface area (Å²) in [5, 5.41) is 3.44. The fourth-order valence-electron chi connectivity index (χ4n) is 1.91. The number of piperidine rings is 1. The average Bonchev–Trinajstić information content (AvgIpc) is 2.23. The van der Waals surface area contributed by atoms with Gasteiger partial charge in [-0.25, -0.2) is 9.37 Å². The summed E-state index contributed by atoms with van der Waals surface area (Å²) in [5.74, 6) is 0.227. The van der Waals surface area contributed by atoms with Crippen molar-refractivity contribution in [3.05, 3.63) is 22.8 Å². The van der Waals surface area contributed by atoms with Crippen LogP contribution in [0.1, 0.15) is 18.4 Å². The van der Waals surface area contributed by atoms with Gasteiger partial charge in [-0.2, -0.15) is 0 Å². The molecule has 1 atom stereocenters. The summed E-state index contributed by atoms with van der Waals surface area (Å²) >= 11 is 5.79. The summed E-state index contributed by atoms with van der Waals surface area (Å²) in [5.41, 5.74) is 4.64. The molecular weight excluding hydrogens is 217 g/mol. The molecule has 0 aliphatic carbocycles. The first-order valence-corrected chi connectivity index (χ1v) is 5.31. The number of aromatic nitrogens is 1. The number of halogens is 2. The minimum absolute atomic E-state index is 0.227. The first-order chi connectivity index (χ1) is 7.12. The third-order valence-electron chi connectivity index (χ3n) is 2.70. The van der Waals surface area contributed by atoms with Crippen LogP contribution in [0.4, 0.5) is 10.2 Å². The molecule has 2 heterocycles. The Balaban J connectivity index is 2.38. The van der Waals surface area contributed by atoms with Crippen LogP contribution in [0.5, 0.6) is 0 Å². The molecule has 0 bridgehead atoms. The monoisotopic (exact) mass is 229 g/mol. The molecule has 3 N–H and O–H groups in total. The van der Waals surface area contributed by atoms with Gasteiger partial charge in [-0.1, -0.05) is 11.6 Å². The minimum atomic E-state index is -1.43. The average molecular weight is 230 g/mol. The summed E-state index contributed by atoms with van der Waals surface area (Å²) in [7, 11) is 0. The molecule has 0 spiro atoms. The van der Waals surface area contributed by atoms with Gasteiger partial charge in [0.25, 0.3) is 0 Å². The first-order valence-electron chi connectivity index (χ1n) is 4.93. The predicted octanol–water partition coefficient (Wildman–Crippen LogP) is 1.87. The highest BCUT2D eigenvalue weighted by molar-refractivity contribution is 6.30.